The number of ether oxygens (including phenoxy) is 1. The molecule has 0 atom stereocenters. The third kappa shape index (κ3) is 2.61. The third-order valence-corrected chi connectivity index (χ3v) is 3.31. The predicted molar refractivity (Wildman–Crippen MR) is 62.9 cm³/mol. The molecular formula is C11H15NO3S. The zero-order chi connectivity index (χ0) is 12.1. The molecule has 0 aliphatic heterocycles. The Kier molecular flexibility index (Phi) is 4.49. The van der Waals surface area contributed by atoms with E-state index in [2.05, 4.69) is 4.74 Å². The predicted octanol–water partition coefficient (Wildman–Crippen LogP) is 2.02. The summed E-state index contributed by atoms with van der Waals surface area (Å²) in [6.45, 7) is 5.19. The van der Waals surface area contributed by atoms with Gasteiger partial charge in [-0.1, -0.05) is 0 Å². The zero-order valence-electron chi connectivity index (χ0n) is 9.65. The van der Waals surface area contributed by atoms with Crippen molar-refractivity contribution in [1.29, 1.82) is 0 Å². The Morgan fingerprint density at radius 1 is 1.25 bits per heavy atom. The first-order valence-electron chi connectivity index (χ1n) is 5.11. The maximum Gasteiger partial charge on any atom is 0.348 e. The molecule has 1 heterocycles. The van der Waals surface area contributed by atoms with E-state index in [1.54, 1.807) is 17.0 Å². The molecule has 1 aromatic rings. The number of thiophene rings is 1. The number of methoxy groups -OCH3 is 1. The molecule has 16 heavy (non-hydrogen) atoms. The van der Waals surface area contributed by atoms with Gasteiger partial charge in [-0.15, -0.1) is 11.3 Å². The van der Waals surface area contributed by atoms with Crippen LogP contribution >= 0.6 is 11.3 Å². The number of rotatable bonds is 4. The number of nitrogens with zero attached hydrogens (tertiary/aromatic N) is 1. The summed E-state index contributed by atoms with van der Waals surface area (Å²) >= 11 is 1.17. The van der Waals surface area contributed by atoms with Gasteiger partial charge in [-0.05, 0) is 26.0 Å². The van der Waals surface area contributed by atoms with Crippen molar-refractivity contribution >= 4 is 23.2 Å². The fraction of sp³-hybridized carbons (Fsp3) is 0.455. The van der Waals surface area contributed by atoms with Crippen molar-refractivity contribution in [3.05, 3.63) is 21.9 Å². The van der Waals surface area contributed by atoms with Crippen LogP contribution in [0.1, 0.15) is 33.2 Å². The minimum atomic E-state index is -0.399. The molecule has 1 rings (SSSR count). The van der Waals surface area contributed by atoms with Crippen molar-refractivity contribution in [3.63, 3.8) is 0 Å². The van der Waals surface area contributed by atoms with Crippen LogP contribution in [0.15, 0.2) is 12.1 Å². The molecule has 0 unspecified atom stereocenters. The van der Waals surface area contributed by atoms with Gasteiger partial charge in [0.15, 0.2) is 0 Å². The van der Waals surface area contributed by atoms with Gasteiger partial charge < -0.3 is 9.64 Å². The Labute approximate surface area is 98.8 Å². The highest BCUT2D eigenvalue weighted by Crippen LogP contribution is 2.19. The molecule has 0 radical (unpaired) electrons. The Morgan fingerprint density at radius 3 is 2.31 bits per heavy atom. The second-order valence-corrected chi connectivity index (χ2v) is 4.22. The van der Waals surface area contributed by atoms with Crippen LogP contribution in [0.4, 0.5) is 0 Å². The summed E-state index contributed by atoms with van der Waals surface area (Å²) in [5.74, 6) is -0.436. The number of hydrogen-bond acceptors (Lipinski definition) is 4. The van der Waals surface area contributed by atoms with Crippen LogP contribution in [0.3, 0.4) is 0 Å². The van der Waals surface area contributed by atoms with Gasteiger partial charge in [-0.3, -0.25) is 4.79 Å². The first-order valence-corrected chi connectivity index (χ1v) is 5.93. The zero-order valence-corrected chi connectivity index (χ0v) is 10.5. The lowest BCUT2D eigenvalue weighted by atomic mass is 10.3. The molecule has 4 nitrogen and oxygen atoms in total. The molecule has 0 aliphatic carbocycles. The lowest BCUT2D eigenvalue weighted by Gasteiger charge is -2.17. The van der Waals surface area contributed by atoms with Crippen LogP contribution < -0.4 is 0 Å². The summed E-state index contributed by atoms with van der Waals surface area (Å²) < 4.78 is 4.59. The van der Waals surface area contributed by atoms with E-state index in [4.69, 9.17) is 0 Å². The van der Waals surface area contributed by atoms with Gasteiger partial charge >= 0.3 is 5.97 Å². The van der Waals surface area contributed by atoms with Crippen molar-refractivity contribution in [2.24, 2.45) is 0 Å². The van der Waals surface area contributed by atoms with Gasteiger partial charge in [0.05, 0.1) is 12.0 Å². The topological polar surface area (TPSA) is 46.6 Å². The molecule has 88 valence electrons. The molecule has 1 aromatic heterocycles. The highest BCUT2D eigenvalue weighted by molar-refractivity contribution is 7.15. The van der Waals surface area contributed by atoms with E-state index in [0.717, 1.165) is 0 Å². The van der Waals surface area contributed by atoms with Crippen molar-refractivity contribution in [3.8, 4) is 0 Å². The normalized spacial score (nSPS) is 9.94. The van der Waals surface area contributed by atoms with E-state index in [0.29, 0.717) is 22.8 Å². The largest absolute Gasteiger partial charge is 0.465 e. The molecular weight excluding hydrogens is 226 g/mol. The molecule has 0 N–H and O–H groups in total. The summed E-state index contributed by atoms with van der Waals surface area (Å²) in [5, 5.41) is 0. The molecule has 0 saturated carbocycles. The monoisotopic (exact) mass is 241 g/mol. The smallest absolute Gasteiger partial charge is 0.348 e. The highest BCUT2D eigenvalue weighted by atomic mass is 32.1. The molecule has 0 spiro atoms. The Balaban J connectivity index is 2.85. The van der Waals surface area contributed by atoms with Crippen LogP contribution in [0, 0.1) is 0 Å². The molecule has 0 aromatic carbocycles. The van der Waals surface area contributed by atoms with Gasteiger partial charge in [0.2, 0.25) is 0 Å². The Morgan fingerprint density at radius 2 is 1.81 bits per heavy atom. The highest BCUT2D eigenvalue weighted by Gasteiger charge is 2.17. The number of amides is 1. The van der Waals surface area contributed by atoms with Crippen molar-refractivity contribution in [2.75, 3.05) is 20.2 Å². The average molecular weight is 241 g/mol. The molecule has 0 saturated heterocycles. The van der Waals surface area contributed by atoms with Gasteiger partial charge in [-0.25, -0.2) is 4.79 Å². The maximum absolute atomic E-state index is 11.9. The van der Waals surface area contributed by atoms with E-state index in [1.807, 2.05) is 13.8 Å². The van der Waals surface area contributed by atoms with Crippen molar-refractivity contribution < 1.29 is 14.3 Å². The van der Waals surface area contributed by atoms with Gasteiger partial charge in [0.25, 0.3) is 5.91 Å². The van der Waals surface area contributed by atoms with E-state index in [-0.39, 0.29) is 5.91 Å². The van der Waals surface area contributed by atoms with Gasteiger partial charge in [-0.2, -0.15) is 0 Å². The second kappa shape index (κ2) is 5.65. The first-order chi connectivity index (χ1) is 7.63. The van der Waals surface area contributed by atoms with E-state index in [1.165, 1.54) is 18.4 Å². The number of hydrogen-bond donors (Lipinski definition) is 0. The van der Waals surface area contributed by atoms with Crippen molar-refractivity contribution in [2.45, 2.75) is 13.8 Å². The van der Waals surface area contributed by atoms with Gasteiger partial charge in [0, 0.05) is 13.1 Å². The van der Waals surface area contributed by atoms with Crippen LogP contribution in [0.25, 0.3) is 0 Å². The van der Waals surface area contributed by atoms with E-state index >= 15 is 0 Å². The van der Waals surface area contributed by atoms with Crippen molar-refractivity contribution in [1.82, 2.24) is 4.90 Å². The SMILES string of the molecule is CCN(CC)C(=O)c1ccc(C(=O)OC)s1. The number of carbonyl (C=O) groups is 2. The fourth-order valence-corrected chi connectivity index (χ4v) is 2.22. The second-order valence-electron chi connectivity index (χ2n) is 3.13. The third-order valence-electron chi connectivity index (χ3n) is 2.25. The standard InChI is InChI=1S/C11H15NO3S/c1-4-12(5-2)10(13)8-6-7-9(16-8)11(14)15-3/h6-7H,4-5H2,1-3H3. The van der Waals surface area contributed by atoms with Gasteiger partial charge in [0.1, 0.15) is 4.88 Å². The fourth-order valence-electron chi connectivity index (χ4n) is 1.33. The molecule has 0 bridgehead atoms. The van der Waals surface area contributed by atoms with Crippen LogP contribution in [0.2, 0.25) is 0 Å². The average Bonchev–Trinajstić information content (AvgIpc) is 2.78. The van der Waals surface area contributed by atoms with Crippen LogP contribution in [-0.4, -0.2) is 37.0 Å². The summed E-state index contributed by atoms with van der Waals surface area (Å²) in [5.41, 5.74) is 0. The lowest BCUT2D eigenvalue weighted by Crippen LogP contribution is -2.29. The van der Waals surface area contributed by atoms with Crippen LogP contribution in [-0.2, 0) is 4.74 Å². The Bertz CT molecular complexity index is 382. The molecule has 0 aliphatic rings. The van der Waals surface area contributed by atoms with Crippen LogP contribution in [0.5, 0.6) is 0 Å². The lowest BCUT2D eigenvalue weighted by molar-refractivity contribution is 0.0606. The van der Waals surface area contributed by atoms with E-state index in [9.17, 15) is 9.59 Å². The molecule has 0 fully saturated rings. The molecule has 5 heteroatoms. The summed E-state index contributed by atoms with van der Waals surface area (Å²) in [6, 6.07) is 3.28. The minimum absolute atomic E-state index is 0.0369. The quantitative estimate of drug-likeness (QED) is 0.758. The minimum Gasteiger partial charge on any atom is -0.465 e. The van der Waals surface area contributed by atoms with E-state index < -0.39 is 5.97 Å². The first kappa shape index (κ1) is 12.7. The maximum atomic E-state index is 11.9. The summed E-state index contributed by atoms with van der Waals surface area (Å²) in [6.07, 6.45) is 0. The number of carbonyl (C=O) groups excluding carboxylic acids is 2. The Hall–Kier alpha value is -1.36. The summed E-state index contributed by atoms with van der Waals surface area (Å²) in [4.78, 5) is 25.9. The molecule has 1 amide bonds. The number of esters is 1. The summed E-state index contributed by atoms with van der Waals surface area (Å²) in [7, 11) is 1.33.